The number of rotatable bonds is 5. The third-order valence-electron chi connectivity index (χ3n) is 2.51. The molecule has 1 aliphatic carbocycles. The molecule has 0 aromatic carbocycles. The highest BCUT2D eigenvalue weighted by Crippen LogP contribution is 2.29. The van der Waals surface area contributed by atoms with E-state index in [0.29, 0.717) is 0 Å². The molecular formula is C9H17N3O3. The van der Waals surface area contributed by atoms with Gasteiger partial charge in [-0.25, -0.2) is 5.48 Å². The molecular weight excluding hydrogens is 198 g/mol. The Morgan fingerprint density at radius 2 is 1.93 bits per heavy atom. The molecule has 0 aromatic heterocycles. The Morgan fingerprint density at radius 1 is 1.33 bits per heavy atom. The smallest absolute Gasteiger partial charge is 0.246 e. The molecule has 1 rings (SSSR count). The molecule has 0 spiro atoms. The van der Waals surface area contributed by atoms with Crippen LogP contribution in [0.15, 0.2) is 0 Å². The van der Waals surface area contributed by atoms with Crippen LogP contribution < -0.4 is 16.9 Å². The number of hydrogen-bond donors (Lipinski definition) is 3. The van der Waals surface area contributed by atoms with Gasteiger partial charge in [0.25, 0.3) is 0 Å². The van der Waals surface area contributed by atoms with Crippen LogP contribution in [0.4, 0.5) is 0 Å². The first kappa shape index (κ1) is 11.9. The van der Waals surface area contributed by atoms with Crippen molar-refractivity contribution in [2.24, 2.45) is 11.5 Å². The molecule has 2 amide bonds. The highest BCUT2D eigenvalue weighted by molar-refractivity contribution is 5.77. The van der Waals surface area contributed by atoms with Crippen molar-refractivity contribution in [2.75, 3.05) is 6.61 Å². The molecule has 0 radical (unpaired) electrons. The second kappa shape index (κ2) is 5.09. The van der Waals surface area contributed by atoms with Gasteiger partial charge in [-0.15, -0.1) is 0 Å². The molecule has 6 nitrogen and oxygen atoms in total. The van der Waals surface area contributed by atoms with E-state index in [2.05, 4.69) is 10.3 Å². The summed E-state index contributed by atoms with van der Waals surface area (Å²) in [5, 5.41) is 0. The standard InChI is InChI=1S/C9H17N3O3/c10-7(13)6-15-12-8(14)5-9(11)3-1-2-4-9/h1-6,11H2,(H2,10,13)(H,12,14). The van der Waals surface area contributed by atoms with Crippen LogP contribution in [0.2, 0.25) is 0 Å². The van der Waals surface area contributed by atoms with Crippen molar-refractivity contribution in [3.63, 3.8) is 0 Å². The van der Waals surface area contributed by atoms with Crippen LogP contribution in [0, 0.1) is 0 Å². The van der Waals surface area contributed by atoms with E-state index in [9.17, 15) is 9.59 Å². The monoisotopic (exact) mass is 215 g/mol. The van der Waals surface area contributed by atoms with Gasteiger partial charge in [0.05, 0.1) is 0 Å². The van der Waals surface area contributed by atoms with Crippen molar-refractivity contribution in [3.05, 3.63) is 0 Å². The third-order valence-corrected chi connectivity index (χ3v) is 2.51. The normalized spacial score (nSPS) is 18.7. The lowest BCUT2D eigenvalue weighted by Gasteiger charge is -2.22. The molecule has 0 atom stereocenters. The van der Waals surface area contributed by atoms with E-state index < -0.39 is 11.4 Å². The minimum atomic E-state index is -0.626. The number of hydrogen-bond acceptors (Lipinski definition) is 4. The molecule has 0 heterocycles. The van der Waals surface area contributed by atoms with E-state index in [1.807, 2.05) is 0 Å². The lowest BCUT2D eigenvalue weighted by Crippen LogP contribution is -2.42. The molecule has 0 unspecified atom stereocenters. The second-order valence-corrected chi connectivity index (χ2v) is 4.03. The molecule has 86 valence electrons. The summed E-state index contributed by atoms with van der Waals surface area (Å²) >= 11 is 0. The van der Waals surface area contributed by atoms with Gasteiger partial charge in [-0.3, -0.25) is 14.4 Å². The molecule has 5 N–H and O–H groups in total. The first-order valence-corrected chi connectivity index (χ1v) is 5.00. The summed E-state index contributed by atoms with van der Waals surface area (Å²) in [5.41, 5.74) is 12.6. The maximum absolute atomic E-state index is 11.3. The summed E-state index contributed by atoms with van der Waals surface area (Å²) in [4.78, 5) is 26.2. The van der Waals surface area contributed by atoms with Gasteiger partial charge in [0.2, 0.25) is 11.8 Å². The molecule has 6 heteroatoms. The van der Waals surface area contributed by atoms with Crippen molar-refractivity contribution >= 4 is 11.8 Å². The Kier molecular flexibility index (Phi) is 4.05. The predicted octanol–water partition coefficient (Wildman–Crippen LogP) is -0.819. The van der Waals surface area contributed by atoms with Crippen LogP contribution in [0.3, 0.4) is 0 Å². The molecule has 0 saturated heterocycles. The lowest BCUT2D eigenvalue weighted by molar-refractivity contribution is -0.138. The van der Waals surface area contributed by atoms with Gasteiger partial charge in [0.1, 0.15) is 0 Å². The van der Waals surface area contributed by atoms with Gasteiger partial charge in [0, 0.05) is 12.0 Å². The molecule has 0 aliphatic heterocycles. The topological polar surface area (TPSA) is 107 Å². The first-order chi connectivity index (χ1) is 7.02. The van der Waals surface area contributed by atoms with Crippen LogP contribution in [0.25, 0.3) is 0 Å². The van der Waals surface area contributed by atoms with Gasteiger partial charge >= 0.3 is 0 Å². The fourth-order valence-electron chi connectivity index (χ4n) is 1.80. The number of hydroxylamine groups is 1. The van der Waals surface area contributed by atoms with E-state index in [0.717, 1.165) is 25.7 Å². The maximum Gasteiger partial charge on any atom is 0.246 e. The second-order valence-electron chi connectivity index (χ2n) is 4.03. The largest absolute Gasteiger partial charge is 0.368 e. The number of primary amides is 1. The van der Waals surface area contributed by atoms with Crippen LogP contribution in [0.5, 0.6) is 0 Å². The zero-order chi connectivity index (χ0) is 11.3. The van der Waals surface area contributed by atoms with Crippen molar-refractivity contribution in [1.82, 2.24) is 5.48 Å². The molecule has 1 aliphatic rings. The van der Waals surface area contributed by atoms with Gasteiger partial charge in [-0.2, -0.15) is 0 Å². The van der Waals surface area contributed by atoms with Crippen molar-refractivity contribution in [3.8, 4) is 0 Å². The average Bonchev–Trinajstić information content (AvgIpc) is 2.50. The summed E-state index contributed by atoms with van der Waals surface area (Å²) in [6, 6.07) is 0. The average molecular weight is 215 g/mol. The summed E-state index contributed by atoms with van der Waals surface area (Å²) in [6.07, 6.45) is 4.07. The van der Waals surface area contributed by atoms with Gasteiger partial charge in [-0.1, -0.05) is 12.8 Å². The zero-order valence-electron chi connectivity index (χ0n) is 8.62. The van der Waals surface area contributed by atoms with Gasteiger partial charge in [-0.05, 0) is 12.8 Å². The van der Waals surface area contributed by atoms with E-state index in [-0.39, 0.29) is 18.9 Å². The number of nitrogens with two attached hydrogens (primary N) is 2. The van der Waals surface area contributed by atoms with Crippen molar-refractivity contribution < 1.29 is 14.4 Å². The summed E-state index contributed by atoms with van der Waals surface area (Å²) < 4.78 is 0. The van der Waals surface area contributed by atoms with E-state index in [1.54, 1.807) is 0 Å². The third kappa shape index (κ3) is 4.26. The molecule has 15 heavy (non-hydrogen) atoms. The van der Waals surface area contributed by atoms with Crippen LogP contribution in [-0.2, 0) is 14.4 Å². The van der Waals surface area contributed by atoms with Gasteiger partial charge in [0.15, 0.2) is 6.61 Å². The summed E-state index contributed by atoms with van der Waals surface area (Å²) in [6.45, 7) is -0.316. The highest BCUT2D eigenvalue weighted by atomic mass is 16.7. The van der Waals surface area contributed by atoms with E-state index >= 15 is 0 Å². The molecule has 1 fully saturated rings. The van der Waals surface area contributed by atoms with Crippen molar-refractivity contribution in [2.45, 2.75) is 37.6 Å². The Balaban J connectivity index is 2.20. The summed E-state index contributed by atoms with van der Waals surface area (Å²) in [5.74, 6) is -0.931. The lowest BCUT2D eigenvalue weighted by atomic mass is 9.95. The van der Waals surface area contributed by atoms with Crippen LogP contribution >= 0.6 is 0 Å². The maximum atomic E-state index is 11.3. The van der Waals surface area contributed by atoms with E-state index in [4.69, 9.17) is 11.5 Å². The Hall–Kier alpha value is -1.14. The zero-order valence-corrected chi connectivity index (χ0v) is 8.62. The van der Waals surface area contributed by atoms with Crippen LogP contribution in [0.1, 0.15) is 32.1 Å². The first-order valence-electron chi connectivity index (χ1n) is 5.00. The van der Waals surface area contributed by atoms with E-state index in [1.165, 1.54) is 0 Å². The Morgan fingerprint density at radius 3 is 2.47 bits per heavy atom. The number of carbonyl (C=O) groups excluding carboxylic acids is 2. The SMILES string of the molecule is NC(=O)CONC(=O)CC1(N)CCCC1. The summed E-state index contributed by atoms with van der Waals surface area (Å²) in [7, 11) is 0. The minimum absolute atomic E-state index is 0.228. The number of carbonyl (C=O) groups is 2. The van der Waals surface area contributed by atoms with Gasteiger partial charge < -0.3 is 11.5 Å². The predicted molar refractivity (Wildman–Crippen MR) is 53.3 cm³/mol. The fraction of sp³-hybridized carbons (Fsp3) is 0.778. The Labute approximate surface area is 88.3 Å². The molecule has 0 aromatic rings. The highest BCUT2D eigenvalue weighted by Gasteiger charge is 2.31. The number of amides is 2. The van der Waals surface area contributed by atoms with Crippen molar-refractivity contribution in [1.29, 1.82) is 0 Å². The molecule has 0 bridgehead atoms. The van der Waals surface area contributed by atoms with Crippen LogP contribution in [-0.4, -0.2) is 24.0 Å². The quantitative estimate of drug-likeness (QED) is 0.521. The number of nitrogens with one attached hydrogen (secondary N) is 1. The fourth-order valence-corrected chi connectivity index (χ4v) is 1.80. The minimum Gasteiger partial charge on any atom is -0.368 e. The Bertz CT molecular complexity index is 249. The molecule has 1 saturated carbocycles.